The van der Waals surface area contributed by atoms with Gasteiger partial charge in [-0.1, -0.05) is 0 Å². The lowest BCUT2D eigenvalue weighted by Gasteiger charge is -2.38. The Morgan fingerprint density at radius 3 is 3.18 bits per heavy atom. The second-order valence-corrected chi connectivity index (χ2v) is 5.52. The molecule has 1 saturated heterocycles. The van der Waals surface area contributed by atoms with Crippen LogP contribution in [0.5, 0.6) is 11.5 Å². The van der Waals surface area contributed by atoms with Gasteiger partial charge in [-0.25, -0.2) is 0 Å². The van der Waals surface area contributed by atoms with Gasteiger partial charge in [-0.2, -0.15) is 0 Å². The van der Waals surface area contributed by atoms with E-state index in [0.29, 0.717) is 11.8 Å². The minimum absolute atomic E-state index is 0.514. The number of nitrogens with one attached hydrogen (secondary N) is 1. The summed E-state index contributed by atoms with van der Waals surface area (Å²) in [5, 5.41) is 3.47. The average Bonchev–Trinajstić information content (AvgIpc) is 2.39. The van der Waals surface area contributed by atoms with E-state index in [1.165, 1.54) is 12.0 Å². The molecular formula is C13H16BrNO2. The first-order valence-electron chi connectivity index (χ1n) is 6.01. The number of hydrogen-bond acceptors (Lipinski definition) is 3. The van der Waals surface area contributed by atoms with Gasteiger partial charge in [0.25, 0.3) is 0 Å². The van der Waals surface area contributed by atoms with E-state index in [0.717, 1.165) is 35.7 Å². The molecule has 0 aliphatic carbocycles. The molecule has 17 heavy (non-hydrogen) atoms. The molecule has 0 amide bonds. The van der Waals surface area contributed by atoms with E-state index in [9.17, 15) is 0 Å². The van der Waals surface area contributed by atoms with Crippen LogP contribution in [0, 0.1) is 5.92 Å². The minimum atomic E-state index is 0.514. The zero-order valence-electron chi connectivity index (χ0n) is 9.83. The third-order valence-electron chi connectivity index (χ3n) is 3.77. The van der Waals surface area contributed by atoms with Crippen molar-refractivity contribution in [1.82, 2.24) is 5.32 Å². The summed E-state index contributed by atoms with van der Waals surface area (Å²) in [5.74, 6) is 3.04. The predicted molar refractivity (Wildman–Crippen MR) is 69.9 cm³/mol. The molecular weight excluding hydrogens is 282 g/mol. The first kappa shape index (κ1) is 11.4. The van der Waals surface area contributed by atoms with Gasteiger partial charge >= 0.3 is 0 Å². The van der Waals surface area contributed by atoms with Crippen LogP contribution in [0.25, 0.3) is 0 Å². The minimum Gasteiger partial charge on any atom is -0.496 e. The van der Waals surface area contributed by atoms with Gasteiger partial charge in [0.2, 0.25) is 0 Å². The van der Waals surface area contributed by atoms with Crippen molar-refractivity contribution in [3.8, 4) is 11.5 Å². The zero-order valence-corrected chi connectivity index (χ0v) is 11.4. The standard InChI is InChI=1S/C13H16BrNO2/c1-16-11-3-2-10(14)13-12(11)9-6-15-5-4-8(9)7-17-13/h2-3,8-9,15H,4-7H2,1H3/t8-,9-/m0/s1. The number of hydrogen-bond donors (Lipinski definition) is 1. The van der Waals surface area contributed by atoms with Crippen molar-refractivity contribution < 1.29 is 9.47 Å². The average molecular weight is 298 g/mol. The second-order valence-electron chi connectivity index (χ2n) is 4.66. The molecule has 2 aliphatic rings. The highest BCUT2D eigenvalue weighted by Gasteiger charge is 2.36. The highest BCUT2D eigenvalue weighted by Crippen LogP contribution is 2.47. The lowest BCUT2D eigenvalue weighted by molar-refractivity contribution is 0.161. The summed E-state index contributed by atoms with van der Waals surface area (Å²) in [6, 6.07) is 4.01. The lowest BCUT2D eigenvalue weighted by Crippen LogP contribution is -2.40. The normalized spacial score (nSPS) is 26.7. The number of fused-ring (bicyclic) bond motifs is 3. The Morgan fingerprint density at radius 1 is 1.47 bits per heavy atom. The Balaban J connectivity index is 2.10. The fraction of sp³-hybridized carbons (Fsp3) is 0.538. The van der Waals surface area contributed by atoms with E-state index in [1.807, 2.05) is 12.1 Å². The summed E-state index contributed by atoms with van der Waals surface area (Å²) >= 11 is 3.56. The van der Waals surface area contributed by atoms with Crippen LogP contribution in [0.4, 0.5) is 0 Å². The molecule has 1 N–H and O–H groups in total. The number of methoxy groups -OCH3 is 1. The summed E-state index contributed by atoms with van der Waals surface area (Å²) < 4.78 is 12.4. The molecule has 4 heteroatoms. The molecule has 3 rings (SSSR count). The first-order chi connectivity index (χ1) is 8.31. The van der Waals surface area contributed by atoms with Gasteiger partial charge in [0.05, 0.1) is 18.2 Å². The quantitative estimate of drug-likeness (QED) is 0.864. The van der Waals surface area contributed by atoms with E-state index in [4.69, 9.17) is 9.47 Å². The monoisotopic (exact) mass is 297 g/mol. The highest BCUT2D eigenvalue weighted by molar-refractivity contribution is 9.10. The Hall–Kier alpha value is -0.740. The first-order valence-corrected chi connectivity index (χ1v) is 6.80. The van der Waals surface area contributed by atoms with Crippen LogP contribution in [0.3, 0.4) is 0 Å². The molecule has 3 nitrogen and oxygen atoms in total. The SMILES string of the molecule is COc1ccc(Br)c2c1[C@H]1CNCC[C@H]1CO2. The van der Waals surface area contributed by atoms with Gasteiger partial charge in [-0.05, 0) is 41.0 Å². The van der Waals surface area contributed by atoms with Crippen LogP contribution in [0.2, 0.25) is 0 Å². The molecule has 1 aromatic rings. The molecule has 0 unspecified atom stereocenters. The third kappa shape index (κ3) is 1.83. The van der Waals surface area contributed by atoms with Crippen molar-refractivity contribution in [1.29, 1.82) is 0 Å². The second kappa shape index (κ2) is 4.50. The number of rotatable bonds is 1. The van der Waals surface area contributed by atoms with Crippen LogP contribution < -0.4 is 14.8 Å². The molecule has 0 spiro atoms. The number of ether oxygens (including phenoxy) is 2. The molecule has 2 heterocycles. The highest BCUT2D eigenvalue weighted by atomic mass is 79.9. The van der Waals surface area contributed by atoms with E-state index in [1.54, 1.807) is 7.11 Å². The number of benzene rings is 1. The van der Waals surface area contributed by atoms with Gasteiger partial charge in [0.15, 0.2) is 0 Å². The summed E-state index contributed by atoms with van der Waals surface area (Å²) in [4.78, 5) is 0. The molecule has 2 aliphatic heterocycles. The molecule has 0 radical (unpaired) electrons. The van der Waals surface area contributed by atoms with Crippen LogP contribution >= 0.6 is 15.9 Å². The van der Waals surface area contributed by atoms with Crippen molar-refractivity contribution in [2.75, 3.05) is 26.8 Å². The van der Waals surface area contributed by atoms with Crippen LogP contribution in [0.15, 0.2) is 16.6 Å². The van der Waals surface area contributed by atoms with Gasteiger partial charge in [0.1, 0.15) is 11.5 Å². The summed E-state index contributed by atoms with van der Waals surface area (Å²) in [6.45, 7) is 2.94. The van der Waals surface area contributed by atoms with E-state index < -0.39 is 0 Å². The van der Waals surface area contributed by atoms with Gasteiger partial charge < -0.3 is 14.8 Å². The van der Waals surface area contributed by atoms with Crippen molar-refractivity contribution in [2.45, 2.75) is 12.3 Å². The molecule has 92 valence electrons. The third-order valence-corrected chi connectivity index (χ3v) is 4.39. The topological polar surface area (TPSA) is 30.5 Å². The van der Waals surface area contributed by atoms with Crippen molar-refractivity contribution >= 4 is 15.9 Å². The fourth-order valence-corrected chi connectivity index (χ4v) is 3.33. The van der Waals surface area contributed by atoms with Crippen molar-refractivity contribution in [2.24, 2.45) is 5.92 Å². The van der Waals surface area contributed by atoms with Gasteiger partial charge in [0, 0.05) is 23.9 Å². The maximum absolute atomic E-state index is 5.91. The Kier molecular flexibility index (Phi) is 3.01. The smallest absolute Gasteiger partial charge is 0.140 e. The Labute approximate surface area is 110 Å². The van der Waals surface area contributed by atoms with Crippen LogP contribution in [-0.2, 0) is 0 Å². The molecule has 1 fully saturated rings. The molecule has 0 saturated carbocycles. The molecule has 0 bridgehead atoms. The van der Waals surface area contributed by atoms with Crippen molar-refractivity contribution in [3.63, 3.8) is 0 Å². The Morgan fingerprint density at radius 2 is 2.35 bits per heavy atom. The maximum Gasteiger partial charge on any atom is 0.140 e. The zero-order chi connectivity index (χ0) is 11.8. The summed E-state index contributed by atoms with van der Waals surface area (Å²) in [6.07, 6.45) is 1.18. The largest absolute Gasteiger partial charge is 0.496 e. The lowest BCUT2D eigenvalue weighted by atomic mass is 9.79. The van der Waals surface area contributed by atoms with E-state index in [2.05, 4.69) is 21.2 Å². The number of piperidine rings is 1. The molecule has 0 aromatic heterocycles. The van der Waals surface area contributed by atoms with E-state index in [-0.39, 0.29) is 0 Å². The Bertz CT molecular complexity index is 436. The van der Waals surface area contributed by atoms with Crippen LogP contribution in [-0.4, -0.2) is 26.8 Å². The molecule has 2 atom stereocenters. The summed E-state index contributed by atoms with van der Waals surface area (Å²) in [5.41, 5.74) is 1.23. The van der Waals surface area contributed by atoms with Gasteiger partial charge in [-0.3, -0.25) is 0 Å². The maximum atomic E-state index is 5.91. The van der Waals surface area contributed by atoms with Gasteiger partial charge in [-0.15, -0.1) is 0 Å². The summed E-state index contributed by atoms with van der Waals surface area (Å²) in [7, 11) is 1.73. The van der Waals surface area contributed by atoms with Crippen molar-refractivity contribution in [3.05, 3.63) is 22.2 Å². The fourth-order valence-electron chi connectivity index (χ4n) is 2.87. The number of halogens is 1. The predicted octanol–water partition coefficient (Wildman–Crippen LogP) is 2.54. The van der Waals surface area contributed by atoms with Crippen LogP contribution in [0.1, 0.15) is 17.9 Å². The molecule has 1 aromatic carbocycles. The van der Waals surface area contributed by atoms with E-state index >= 15 is 0 Å².